The zero-order valence-corrected chi connectivity index (χ0v) is 19.2. The summed E-state index contributed by atoms with van der Waals surface area (Å²) in [5.41, 5.74) is 1.63. The highest BCUT2D eigenvalue weighted by Crippen LogP contribution is 2.37. The third kappa shape index (κ3) is 6.04. The predicted octanol–water partition coefficient (Wildman–Crippen LogP) is 4.74. The van der Waals surface area contributed by atoms with E-state index in [9.17, 15) is 17.5 Å². The Balaban J connectivity index is 0.000000347. The molecule has 1 amide bonds. The molecule has 1 fully saturated rings. The number of hydrogen-bond acceptors (Lipinski definition) is 5. The standard InChI is InChI=1S/C15H17FN4OS.C3H8FN.CH2BrF/c16-22-20-7-6-11-13-12(8-17-14(11)20)15(21)18-9-19(13)10-4-2-1-3-5-10;1-5-3-2-4;2-1-3/h6-8,10H,1-5,9H2,(H,18,21);5H,2-3H2,1H3;1H2. The molecule has 0 radical (unpaired) electrons. The minimum atomic E-state index is -0.438. The normalized spacial score (nSPS) is 16.2. The van der Waals surface area contributed by atoms with E-state index in [0.29, 0.717) is 30.5 Å². The molecule has 4 rings (SSSR count). The van der Waals surface area contributed by atoms with E-state index in [4.69, 9.17) is 0 Å². The smallest absolute Gasteiger partial charge is 0.256 e. The van der Waals surface area contributed by atoms with Crippen LogP contribution in [-0.4, -0.2) is 53.4 Å². The van der Waals surface area contributed by atoms with E-state index >= 15 is 0 Å². The van der Waals surface area contributed by atoms with Crippen LogP contribution in [0.1, 0.15) is 42.5 Å². The number of nitrogens with one attached hydrogen (secondary N) is 2. The van der Waals surface area contributed by atoms with Crippen molar-refractivity contribution in [3.05, 3.63) is 24.0 Å². The van der Waals surface area contributed by atoms with Gasteiger partial charge in [-0.05, 0) is 26.0 Å². The maximum absolute atomic E-state index is 13.0. The summed E-state index contributed by atoms with van der Waals surface area (Å²) in [5, 5.41) is 6.42. The Morgan fingerprint density at radius 3 is 2.60 bits per heavy atom. The molecule has 1 aliphatic carbocycles. The molecule has 168 valence electrons. The number of anilines is 1. The highest BCUT2D eigenvalue weighted by atomic mass is 79.9. The van der Waals surface area contributed by atoms with Crippen LogP contribution in [0.5, 0.6) is 0 Å². The van der Waals surface area contributed by atoms with Crippen molar-refractivity contribution in [3.63, 3.8) is 0 Å². The van der Waals surface area contributed by atoms with Crippen LogP contribution >= 0.6 is 28.3 Å². The highest BCUT2D eigenvalue weighted by molar-refractivity contribution is 9.09. The monoisotopic (exact) mass is 509 g/mol. The summed E-state index contributed by atoms with van der Waals surface area (Å²) in [6, 6.07) is 2.28. The molecule has 2 N–H and O–H groups in total. The lowest BCUT2D eigenvalue weighted by atomic mass is 9.93. The van der Waals surface area contributed by atoms with E-state index < -0.39 is 5.58 Å². The zero-order valence-electron chi connectivity index (χ0n) is 16.8. The van der Waals surface area contributed by atoms with E-state index in [2.05, 4.69) is 36.4 Å². The van der Waals surface area contributed by atoms with Gasteiger partial charge in [0.2, 0.25) is 0 Å². The summed E-state index contributed by atoms with van der Waals surface area (Å²) >= 11 is 2.61. The first kappa shape index (κ1) is 24.8. The van der Waals surface area contributed by atoms with Crippen LogP contribution in [0.3, 0.4) is 0 Å². The van der Waals surface area contributed by atoms with Gasteiger partial charge in [-0.2, -0.15) is 0 Å². The molecule has 0 spiro atoms. The zero-order chi connectivity index (χ0) is 21.9. The van der Waals surface area contributed by atoms with Crippen LogP contribution in [0, 0.1) is 0 Å². The van der Waals surface area contributed by atoms with Crippen LogP contribution in [0.25, 0.3) is 11.0 Å². The van der Waals surface area contributed by atoms with Crippen LogP contribution < -0.4 is 15.5 Å². The van der Waals surface area contributed by atoms with Crippen molar-refractivity contribution < 1.29 is 17.5 Å². The van der Waals surface area contributed by atoms with Gasteiger partial charge in [-0.1, -0.05) is 35.2 Å². The number of aromatic nitrogens is 2. The number of carbonyl (C=O) groups excluding carboxylic acids is 1. The van der Waals surface area contributed by atoms with Crippen LogP contribution in [0.4, 0.5) is 18.4 Å². The first-order valence-corrected chi connectivity index (χ1v) is 11.6. The average Bonchev–Trinajstić information content (AvgIpc) is 3.20. The lowest BCUT2D eigenvalue weighted by Crippen LogP contribution is -2.49. The first-order valence-electron chi connectivity index (χ1n) is 9.79. The molecule has 0 saturated heterocycles. The van der Waals surface area contributed by atoms with Crippen LogP contribution in [0.15, 0.2) is 18.5 Å². The Morgan fingerprint density at radius 2 is 2.03 bits per heavy atom. The van der Waals surface area contributed by atoms with Crippen LogP contribution in [-0.2, 0) is 0 Å². The first-order chi connectivity index (χ1) is 14.6. The molecule has 0 atom stereocenters. The van der Waals surface area contributed by atoms with E-state index in [0.717, 1.165) is 23.9 Å². The largest absolute Gasteiger partial charge is 0.350 e. The minimum absolute atomic E-state index is 0.0999. The van der Waals surface area contributed by atoms with E-state index in [-0.39, 0.29) is 24.9 Å². The molecule has 2 aromatic rings. The van der Waals surface area contributed by atoms with Crippen molar-refractivity contribution >= 4 is 50.9 Å². The number of alkyl halides is 3. The molecule has 2 aliphatic rings. The van der Waals surface area contributed by atoms with Crippen molar-refractivity contribution in [1.82, 2.24) is 19.6 Å². The second kappa shape index (κ2) is 13.1. The maximum Gasteiger partial charge on any atom is 0.256 e. The maximum atomic E-state index is 13.0. The SMILES string of the molecule is CNCCF.FCBr.O=C1NCN(C2CCCCC2)c2c1cnc1c2ccn1SF. The van der Waals surface area contributed by atoms with Gasteiger partial charge in [0.15, 0.2) is 18.0 Å². The molecule has 6 nitrogen and oxygen atoms in total. The highest BCUT2D eigenvalue weighted by Gasteiger charge is 2.31. The third-order valence-corrected chi connectivity index (χ3v) is 5.47. The number of amides is 1. The molecular weight excluding hydrogens is 483 g/mol. The number of nitrogens with zero attached hydrogens (tertiary/aromatic N) is 3. The second-order valence-corrected chi connectivity index (χ2v) is 7.74. The topological polar surface area (TPSA) is 62.2 Å². The Morgan fingerprint density at radius 1 is 1.33 bits per heavy atom. The molecule has 3 heterocycles. The van der Waals surface area contributed by atoms with E-state index in [1.807, 2.05) is 6.07 Å². The van der Waals surface area contributed by atoms with Gasteiger partial charge >= 0.3 is 0 Å². The number of halogens is 4. The number of rotatable bonds is 4. The number of fused-ring (bicyclic) bond motifs is 3. The lowest BCUT2D eigenvalue weighted by molar-refractivity contribution is 0.0945. The van der Waals surface area contributed by atoms with Gasteiger partial charge in [0, 0.05) is 30.4 Å². The Kier molecular flexibility index (Phi) is 10.8. The number of carbonyl (C=O) groups is 1. The van der Waals surface area contributed by atoms with Crippen molar-refractivity contribution in [2.24, 2.45) is 0 Å². The molecule has 1 saturated carbocycles. The molecule has 0 unspecified atom stereocenters. The number of pyridine rings is 1. The lowest BCUT2D eigenvalue weighted by Gasteiger charge is -2.39. The summed E-state index contributed by atoms with van der Waals surface area (Å²) in [5.74, 6) is -0.0999. The molecule has 11 heteroatoms. The summed E-state index contributed by atoms with van der Waals surface area (Å²) < 4.78 is 35.5. The predicted molar refractivity (Wildman–Crippen MR) is 120 cm³/mol. The Hall–Kier alpha value is -1.46. The second-order valence-electron chi connectivity index (χ2n) is 6.79. The summed E-state index contributed by atoms with van der Waals surface area (Å²) in [7, 11) is 1.72. The van der Waals surface area contributed by atoms with Gasteiger partial charge in [0.05, 0.1) is 17.9 Å². The van der Waals surface area contributed by atoms with Crippen molar-refractivity contribution in [2.75, 3.05) is 37.4 Å². The van der Waals surface area contributed by atoms with Gasteiger partial charge in [-0.3, -0.25) is 4.79 Å². The quantitative estimate of drug-likeness (QED) is 0.582. The summed E-state index contributed by atoms with van der Waals surface area (Å²) in [6.07, 6.45) is 9.22. The van der Waals surface area contributed by atoms with Crippen molar-refractivity contribution in [2.45, 2.75) is 38.1 Å². The Labute approximate surface area is 187 Å². The fourth-order valence-corrected chi connectivity index (χ4v) is 4.03. The van der Waals surface area contributed by atoms with Gasteiger partial charge in [-0.15, -0.1) is 3.89 Å². The Bertz CT molecular complexity index is 802. The van der Waals surface area contributed by atoms with E-state index in [1.165, 1.54) is 23.2 Å². The molecule has 0 aromatic carbocycles. The van der Waals surface area contributed by atoms with Gasteiger partial charge in [-0.25, -0.2) is 17.7 Å². The van der Waals surface area contributed by atoms with Crippen molar-refractivity contribution in [1.29, 1.82) is 0 Å². The fourth-order valence-electron chi connectivity index (χ4n) is 3.71. The summed E-state index contributed by atoms with van der Waals surface area (Å²) in [6.45, 7) is 0.722. The van der Waals surface area contributed by atoms with Crippen LogP contribution in [0.2, 0.25) is 0 Å². The molecule has 0 bridgehead atoms. The molecule has 1 aliphatic heterocycles. The minimum Gasteiger partial charge on any atom is -0.350 e. The van der Waals surface area contributed by atoms with Gasteiger partial charge in [0.1, 0.15) is 12.3 Å². The number of hydrogen-bond donors (Lipinski definition) is 2. The van der Waals surface area contributed by atoms with Crippen molar-refractivity contribution in [3.8, 4) is 0 Å². The molecule has 30 heavy (non-hydrogen) atoms. The molecule has 2 aromatic heterocycles. The molecular formula is C19H27BrF3N5OS. The average molecular weight is 510 g/mol. The fraction of sp³-hybridized carbons (Fsp3) is 0.579. The van der Waals surface area contributed by atoms with Gasteiger partial charge in [0.25, 0.3) is 5.91 Å². The van der Waals surface area contributed by atoms with Gasteiger partial charge < -0.3 is 15.5 Å². The summed E-state index contributed by atoms with van der Waals surface area (Å²) in [4.78, 5) is 18.7. The van der Waals surface area contributed by atoms with E-state index in [1.54, 1.807) is 19.4 Å². The third-order valence-electron chi connectivity index (χ3n) is 5.03.